The summed E-state index contributed by atoms with van der Waals surface area (Å²) in [6, 6.07) is 17.8. The molecular formula is C21H22N4O2. The Morgan fingerprint density at radius 2 is 1.78 bits per heavy atom. The van der Waals surface area contributed by atoms with E-state index in [-0.39, 0.29) is 17.1 Å². The first kappa shape index (κ1) is 18.4. The van der Waals surface area contributed by atoms with Crippen LogP contribution in [0.2, 0.25) is 0 Å². The number of hydrogen-bond donors (Lipinski definition) is 2. The van der Waals surface area contributed by atoms with Crippen molar-refractivity contribution in [2.24, 2.45) is 5.10 Å². The normalized spacial score (nSPS) is 11.7. The van der Waals surface area contributed by atoms with Crippen LogP contribution in [0.25, 0.3) is 5.69 Å². The largest absolute Gasteiger partial charge is 0.508 e. The average Bonchev–Trinajstić information content (AvgIpc) is 3.10. The van der Waals surface area contributed by atoms with Gasteiger partial charge in [-0.1, -0.05) is 39.0 Å². The van der Waals surface area contributed by atoms with Crippen LogP contribution in [0.5, 0.6) is 5.75 Å². The number of carbonyl (C=O) groups excluding carboxylic acids is 1. The maximum Gasteiger partial charge on any atom is 0.290 e. The van der Waals surface area contributed by atoms with E-state index in [0.717, 1.165) is 16.9 Å². The zero-order valence-corrected chi connectivity index (χ0v) is 15.5. The molecule has 0 aliphatic rings. The fraction of sp³-hybridized carbons (Fsp3) is 0.190. The minimum Gasteiger partial charge on any atom is -0.508 e. The van der Waals surface area contributed by atoms with Gasteiger partial charge in [0.05, 0.1) is 17.6 Å². The molecule has 0 saturated carbocycles. The molecule has 0 unspecified atom stereocenters. The Bertz CT molecular complexity index is 952. The minimum atomic E-state index is -0.350. The van der Waals surface area contributed by atoms with E-state index in [4.69, 9.17) is 0 Å². The molecule has 0 spiro atoms. The quantitative estimate of drug-likeness (QED) is 0.549. The SMILES string of the molecule is CC(C)(C)c1cc(C(=O)N/N=C\c2ccc(O)cc2)n(-c2ccccc2)n1. The van der Waals surface area contributed by atoms with Crippen LogP contribution < -0.4 is 5.43 Å². The van der Waals surface area contributed by atoms with Crippen molar-refractivity contribution in [2.75, 3.05) is 0 Å². The Balaban J connectivity index is 1.86. The van der Waals surface area contributed by atoms with Gasteiger partial charge < -0.3 is 5.11 Å². The topological polar surface area (TPSA) is 79.5 Å². The van der Waals surface area contributed by atoms with Crippen LogP contribution in [0.3, 0.4) is 0 Å². The third-order valence-electron chi connectivity index (χ3n) is 3.98. The number of benzene rings is 2. The van der Waals surface area contributed by atoms with E-state index in [0.29, 0.717) is 5.69 Å². The number of aromatic hydroxyl groups is 1. The zero-order valence-electron chi connectivity index (χ0n) is 15.5. The monoisotopic (exact) mass is 362 g/mol. The first-order chi connectivity index (χ1) is 12.8. The number of nitrogens with one attached hydrogen (secondary N) is 1. The van der Waals surface area contributed by atoms with E-state index < -0.39 is 0 Å². The molecule has 3 rings (SSSR count). The highest BCUT2D eigenvalue weighted by molar-refractivity contribution is 5.94. The predicted octanol–water partition coefficient (Wildman–Crippen LogP) is 3.64. The number of para-hydroxylation sites is 1. The van der Waals surface area contributed by atoms with E-state index >= 15 is 0 Å². The highest BCUT2D eigenvalue weighted by atomic mass is 16.3. The van der Waals surface area contributed by atoms with Gasteiger partial charge in [-0.2, -0.15) is 10.2 Å². The molecule has 0 atom stereocenters. The third kappa shape index (κ3) is 4.41. The summed E-state index contributed by atoms with van der Waals surface area (Å²) in [5.74, 6) is -0.172. The standard InChI is InChI=1S/C21H22N4O2/c1-21(2,3)19-13-18(25(24-19)16-7-5-4-6-8-16)20(27)23-22-14-15-9-11-17(26)12-10-15/h4-14,26H,1-3H3,(H,23,27)/b22-14-. The van der Waals surface area contributed by atoms with Gasteiger partial charge in [0.2, 0.25) is 0 Å². The van der Waals surface area contributed by atoms with Crippen LogP contribution in [-0.4, -0.2) is 27.0 Å². The molecule has 0 aliphatic carbocycles. The molecule has 0 saturated heterocycles. The van der Waals surface area contributed by atoms with Crippen molar-refractivity contribution in [1.29, 1.82) is 0 Å². The van der Waals surface area contributed by atoms with Crippen molar-refractivity contribution < 1.29 is 9.90 Å². The summed E-state index contributed by atoms with van der Waals surface area (Å²) >= 11 is 0. The van der Waals surface area contributed by atoms with Crippen LogP contribution >= 0.6 is 0 Å². The summed E-state index contributed by atoms with van der Waals surface area (Å²) in [7, 11) is 0. The second-order valence-electron chi connectivity index (χ2n) is 7.20. The second kappa shape index (κ2) is 7.45. The fourth-order valence-electron chi connectivity index (χ4n) is 2.46. The Morgan fingerprint density at radius 3 is 2.41 bits per heavy atom. The first-order valence-electron chi connectivity index (χ1n) is 8.63. The van der Waals surface area contributed by atoms with Gasteiger partial charge in [-0.25, -0.2) is 10.1 Å². The molecule has 0 aliphatic heterocycles. The van der Waals surface area contributed by atoms with Gasteiger partial charge in [0.15, 0.2) is 0 Å². The molecular weight excluding hydrogens is 340 g/mol. The molecule has 0 fully saturated rings. The van der Waals surface area contributed by atoms with Crippen molar-refractivity contribution in [3.63, 3.8) is 0 Å². The molecule has 1 aromatic heterocycles. The number of carbonyl (C=O) groups is 1. The van der Waals surface area contributed by atoms with Gasteiger partial charge >= 0.3 is 0 Å². The highest BCUT2D eigenvalue weighted by Gasteiger charge is 2.23. The molecule has 6 nitrogen and oxygen atoms in total. The number of hydrazone groups is 1. The molecule has 2 N–H and O–H groups in total. The maximum absolute atomic E-state index is 12.7. The van der Waals surface area contributed by atoms with Gasteiger partial charge in [-0.05, 0) is 48.0 Å². The Kier molecular flexibility index (Phi) is 5.07. The summed E-state index contributed by atoms with van der Waals surface area (Å²) in [6.45, 7) is 6.15. The van der Waals surface area contributed by atoms with Gasteiger partial charge in [-0.3, -0.25) is 4.79 Å². The van der Waals surface area contributed by atoms with Crippen LogP contribution in [0.1, 0.15) is 42.5 Å². The van der Waals surface area contributed by atoms with E-state index in [1.165, 1.54) is 6.21 Å². The minimum absolute atomic E-state index is 0.178. The molecule has 1 amide bonds. The summed E-state index contributed by atoms with van der Waals surface area (Å²) in [6.07, 6.45) is 1.52. The van der Waals surface area contributed by atoms with Crippen LogP contribution in [0.15, 0.2) is 65.8 Å². The number of amides is 1. The smallest absolute Gasteiger partial charge is 0.290 e. The summed E-state index contributed by atoms with van der Waals surface area (Å²) in [5.41, 5.74) is 5.15. The fourth-order valence-corrected chi connectivity index (χ4v) is 2.46. The lowest BCUT2D eigenvalue weighted by Crippen LogP contribution is -2.21. The maximum atomic E-state index is 12.7. The molecule has 3 aromatic rings. The van der Waals surface area contributed by atoms with E-state index in [2.05, 4.69) is 36.4 Å². The Labute approximate surface area is 158 Å². The number of nitrogens with zero attached hydrogens (tertiary/aromatic N) is 3. The molecule has 138 valence electrons. The second-order valence-corrected chi connectivity index (χ2v) is 7.20. The molecule has 1 heterocycles. The molecule has 0 bridgehead atoms. The van der Waals surface area contributed by atoms with Crippen LogP contribution in [-0.2, 0) is 5.41 Å². The van der Waals surface area contributed by atoms with Crippen LogP contribution in [0.4, 0.5) is 0 Å². The molecule has 27 heavy (non-hydrogen) atoms. The predicted molar refractivity (Wildman–Crippen MR) is 105 cm³/mol. The van der Waals surface area contributed by atoms with Gasteiger partial charge in [-0.15, -0.1) is 0 Å². The van der Waals surface area contributed by atoms with Crippen molar-refractivity contribution in [3.8, 4) is 11.4 Å². The summed E-state index contributed by atoms with van der Waals surface area (Å²) in [5, 5.41) is 17.9. The van der Waals surface area contributed by atoms with Crippen molar-refractivity contribution in [3.05, 3.63) is 77.6 Å². The first-order valence-corrected chi connectivity index (χ1v) is 8.63. The van der Waals surface area contributed by atoms with E-state index in [1.54, 1.807) is 35.0 Å². The van der Waals surface area contributed by atoms with Gasteiger partial charge in [0, 0.05) is 5.41 Å². The molecule has 2 aromatic carbocycles. The lowest BCUT2D eigenvalue weighted by atomic mass is 9.92. The number of phenols is 1. The Morgan fingerprint density at radius 1 is 1.11 bits per heavy atom. The number of phenolic OH excluding ortho intramolecular Hbond substituents is 1. The van der Waals surface area contributed by atoms with Crippen molar-refractivity contribution >= 4 is 12.1 Å². The third-order valence-corrected chi connectivity index (χ3v) is 3.98. The molecule has 6 heteroatoms. The van der Waals surface area contributed by atoms with E-state index in [9.17, 15) is 9.90 Å². The lowest BCUT2D eigenvalue weighted by molar-refractivity contribution is 0.0947. The van der Waals surface area contributed by atoms with Crippen molar-refractivity contribution in [1.82, 2.24) is 15.2 Å². The summed E-state index contributed by atoms with van der Waals surface area (Å²) < 4.78 is 1.63. The number of hydrogen-bond acceptors (Lipinski definition) is 4. The Hall–Kier alpha value is -3.41. The number of aromatic nitrogens is 2. The number of rotatable bonds is 4. The lowest BCUT2D eigenvalue weighted by Gasteiger charge is -2.14. The van der Waals surface area contributed by atoms with Crippen LogP contribution in [0, 0.1) is 0 Å². The average molecular weight is 362 g/mol. The molecule has 0 radical (unpaired) electrons. The van der Waals surface area contributed by atoms with Crippen molar-refractivity contribution in [2.45, 2.75) is 26.2 Å². The highest BCUT2D eigenvalue weighted by Crippen LogP contribution is 2.23. The van der Waals surface area contributed by atoms with Gasteiger partial charge in [0.1, 0.15) is 11.4 Å². The van der Waals surface area contributed by atoms with E-state index in [1.807, 2.05) is 30.3 Å². The summed E-state index contributed by atoms with van der Waals surface area (Å²) in [4.78, 5) is 12.7. The van der Waals surface area contributed by atoms with Gasteiger partial charge in [0.25, 0.3) is 5.91 Å². The zero-order chi connectivity index (χ0) is 19.4.